The van der Waals surface area contributed by atoms with Crippen molar-refractivity contribution < 1.29 is 138 Å². The Kier molecular flexibility index (Phi) is 53.0. The third-order valence-corrected chi connectivity index (χ3v) is 20.9. The summed E-state index contributed by atoms with van der Waals surface area (Å²) in [5.74, 6) is -5.90. The molecule has 3 heterocycles. The number of benzene rings is 1. The minimum Gasteiger partial charge on any atom is -0.488 e. The van der Waals surface area contributed by atoms with Crippen LogP contribution in [0.1, 0.15) is 273 Å². The normalized spacial score (nSPS) is 22.4. The number of esters is 6. The number of rotatable bonds is 63. The minimum absolute atomic E-state index is 0.0362. The molecule has 4 rings (SSSR count). The van der Waals surface area contributed by atoms with Gasteiger partial charge in [-0.25, -0.2) is 0 Å². The predicted molar refractivity (Wildman–Crippen MR) is 443 cm³/mol. The molecule has 122 heavy (non-hydrogen) atoms. The van der Waals surface area contributed by atoms with E-state index >= 15 is 0 Å². The van der Waals surface area contributed by atoms with E-state index in [1.54, 1.807) is 32.9 Å². The van der Waals surface area contributed by atoms with Crippen LogP contribution in [-0.4, -0.2) is 241 Å². The van der Waals surface area contributed by atoms with Crippen LogP contribution in [0.3, 0.4) is 0 Å². The van der Waals surface area contributed by atoms with Crippen molar-refractivity contribution in [2.45, 2.75) is 336 Å². The zero-order valence-electron chi connectivity index (χ0n) is 74.2. The molecule has 3 aliphatic heterocycles. The maximum atomic E-state index is 14.1. The van der Waals surface area contributed by atoms with Crippen LogP contribution in [-0.2, 0) is 114 Å². The molecule has 3 aliphatic rings. The first-order valence-electron chi connectivity index (χ1n) is 43.9. The molecule has 3 saturated heterocycles. The van der Waals surface area contributed by atoms with Gasteiger partial charge in [0, 0.05) is 144 Å². The first kappa shape index (κ1) is 106. The zero-order chi connectivity index (χ0) is 89.7. The highest BCUT2D eigenvalue weighted by Gasteiger charge is 2.50. The molecule has 0 aliphatic carbocycles. The van der Waals surface area contributed by atoms with Gasteiger partial charge in [0.25, 0.3) is 5.91 Å². The van der Waals surface area contributed by atoms with Gasteiger partial charge in [0.05, 0.1) is 37.8 Å². The average Bonchev–Trinajstić information content (AvgIpc) is 0.808. The van der Waals surface area contributed by atoms with Gasteiger partial charge in [0.15, 0.2) is 30.4 Å². The van der Waals surface area contributed by atoms with E-state index in [-0.39, 0.29) is 157 Å². The lowest BCUT2D eigenvalue weighted by atomic mass is 9.88. The lowest BCUT2D eigenvalue weighted by Crippen LogP contribution is -2.62. The van der Waals surface area contributed by atoms with Gasteiger partial charge in [-0.3, -0.25) is 62.3 Å². The number of nitrogens with one attached hydrogen (secondary N) is 6. The maximum absolute atomic E-state index is 14.1. The van der Waals surface area contributed by atoms with Crippen molar-refractivity contribution in [3.05, 3.63) is 17.7 Å². The van der Waals surface area contributed by atoms with Crippen LogP contribution in [0.4, 0.5) is 0 Å². The van der Waals surface area contributed by atoms with Gasteiger partial charge in [0.1, 0.15) is 75.4 Å². The summed E-state index contributed by atoms with van der Waals surface area (Å²) in [7, 11) is 0. The van der Waals surface area contributed by atoms with Crippen molar-refractivity contribution >= 4 is 77.0 Å². The number of carbonyl (C=O) groups excluding carboxylic acids is 13. The van der Waals surface area contributed by atoms with E-state index in [2.05, 4.69) is 31.9 Å². The first-order valence-corrected chi connectivity index (χ1v) is 43.9. The third-order valence-electron chi connectivity index (χ3n) is 20.9. The van der Waals surface area contributed by atoms with Crippen molar-refractivity contribution in [3.8, 4) is 17.2 Å². The Bertz CT molecular complexity index is 3210. The molecule has 0 bridgehead atoms. The third kappa shape index (κ3) is 43.8. The van der Waals surface area contributed by atoms with Gasteiger partial charge in [0.2, 0.25) is 35.3 Å². The van der Waals surface area contributed by atoms with Gasteiger partial charge in [-0.15, -0.1) is 0 Å². The fraction of sp³-hybridized carbons (Fsp3) is 0.782. The van der Waals surface area contributed by atoms with Gasteiger partial charge in [-0.1, -0.05) is 117 Å². The first-order chi connectivity index (χ1) is 58.4. The summed E-state index contributed by atoms with van der Waals surface area (Å²) < 4.78 is 88.3. The SMILES string of the molecule is CC(=O)NC1C(OCCCCCCCC(=O)CCCOc2c(OCCNC(=O)CCCCCCCOC3OC(COC(C)=O)C(OC(C)=O)C(C)C3NC(C)=O)cc(C(=O)NCCCCCCCCCCO)cc2OCCNC(=O)CCCCCCCOC2OC(COC(C)=O)C(OC(C)=O)C(C)C2NC(C)=O)OC(COC(C)=O)C(OC(C)=O)C1C. The Labute approximate surface area is 719 Å². The Hall–Kier alpha value is -8.35. The number of unbranched alkanes of at least 4 members (excludes halogenated alkanes) is 19. The van der Waals surface area contributed by atoms with Crippen LogP contribution in [0.2, 0.25) is 0 Å². The van der Waals surface area contributed by atoms with Crippen LogP contribution < -0.4 is 46.1 Å². The highest BCUT2D eigenvalue weighted by atomic mass is 16.7. The summed E-state index contributed by atoms with van der Waals surface area (Å²) in [6, 6.07) is 1.12. The molecule has 15 atom stereocenters. The highest BCUT2D eigenvalue weighted by Crippen LogP contribution is 2.40. The van der Waals surface area contributed by atoms with E-state index in [9.17, 15) is 62.3 Å². The lowest BCUT2D eigenvalue weighted by molar-refractivity contribution is -0.262. The van der Waals surface area contributed by atoms with E-state index < -0.39 is 133 Å². The van der Waals surface area contributed by atoms with Crippen LogP contribution in [0.5, 0.6) is 17.2 Å². The molecule has 35 nitrogen and oxygen atoms in total. The van der Waals surface area contributed by atoms with Gasteiger partial charge < -0.3 is 108 Å². The van der Waals surface area contributed by atoms with Crippen molar-refractivity contribution in [3.63, 3.8) is 0 Å². The zero-order valence-corrected chi connectivity index (χ0v) is 74.2. The van der Waals surface area contributed by atoms with E-state index in [4.69, 9.17) is 76.2 Å². The number of ketones is 1. The molecule has 0 saturated carbocycles. The fourth-order valence-electron chi connectivity index (χ4n) is 14.7. The molecule has 7 N–H and O–H groups in total. The second kappa shape index (κ2) is 61.1. The summed E-state index contributed by atoms with van der Waals surface area (Å²) in [5.41, 5.74) is 0.209. The van der Waals surface area contributed by atoms with Crippen molar-refractivity contribution in [1.82, 2.24) is 31.9 Å². The van der Waals surface area contributed by atoms with Crippen LogP contribution in [0.25, 0.3) is 0 Å². The van der Waals surface area contributed by atoms with Crippen LogP contribution in [0, 0.1) is 17.8 Å². The number of carbonyl (C=O) groups is 13. The Morgan fingerprint density at radius 1 is 0.344 bits per heavy atom. The van der Waals surface area contributed by atoms with Crippen molar-refractivity contribution in [2.24, 2.45) is 17.8 Å². The number of hydrogen-bond acceptors (Lipinski definition) is 29. The van der Waals surface area contributed by atoms with Gasteiger partial charge in [-0.2, -0.15) is 0 Å². The molecule has 0 aromatic heterocycles. The minimum atomic E-state index is -0.914. The fourth-order valence-corrected chi connectivity index (χ4v) is 14.7. The molecule has 0 spiro atoms. The molecule has 6 amide bonds. The van der Waals surface area contributed by atoms with Crippen molar-refractivity contribution in [1.29, 1.82) is 0 Å². The van der Waals surface area contributed by atoms with E-state index in [1.807, 2.05) is 0 Å². The second-order valence-corrected chi connectivity index (χ2v) is 31.7. The standard InChI is InChI=1S/C87H142N6O29/c1-56-77(91-59(4)95)85(120-72(53-114-62(7)98)80(56)117-65(10)101)111-45-33-25-17-20-28-37-69(104)38-36-48-110-83-70(108-49-42-88-75(105)39-29-21-18-26-34-46-112-86-78(92-60(5)96)57(2)81(118-66(11)102)73(121-86)54-115-63(8)99)51-68(84(107)90-41-31-23-15-13-14-16-24-32-44-94)52-71(83)109-50-43-89-76(106)40-30-22-19-27-35-47-113-87-79(93-61(6)97)58(3)82(119-67(12)103)74(122-87)55-116-64(9)100/h51-52,56-58,72-74,77-82,85-87,94H,13-50,53-55H2,1-12H3,(H,88,105)(H,89,106)(H,90,107)(H,91,95)(H,92,96)(H,93,97). The molecular formula is C87H142N6O29. The molecule has 35 heteroatoms. The average molecular weight is 1740 g/mol. The number of aliphatic hydroxyl groups is 1. The number of amides is 6. The van der Waals surface area contributed by atoms with Crippen LogP contribution >= 0.6 is 0 Å². The molecule has 694 valence electrons. The predicted octanol–water partition coefficient (Wildman–Crippen LogP) is 8.40. The number of Topliss-reactive ketones (excluding diaryl/α,β-unsaturated/α-hetero) is 1. The molecule has 1 aromatic rings. The van der Waals surface area contributed by atoms with Crippen molar-refractivity contribution in [2.75, 3.05) is 85.7 Å². The Morgan fingerprint density at radius 2 is 0.664 bits per heavy atom. The second-order valence-electron chi connectivity index (χ2n) is 31.7. The Balaban J connectivity index is 1.39. The van der Waals surface area contributed by atoms with Gasteiger partial charge >= 0.3 is 35.8 Å². The maximum Gasteiger partial charge on any atom is 0.303 e. The molecular weight excluding hydrogens is 1590 g/mol. The Morgan fingerprint density at radius 3 is 1.00 bits per heavy atom. The molecule has 15 unspecified atom stereocenters. The topological polar surface area (TPSA) is 453 Å². The monoisotopic (exact) mass is 1730 g/mol. The highest BCUT2D eigenvalue weighted by molar-refractivity contribution is 5.95. The smallest absolute Gasteiger partial charge is 0.303 e. The number of aliphatic hydroxyl groups excluding tert-OH is 1. The van der Waals surface area contributed by atoms with Crippen LogP contribution in [0.15, 0.2) is 12.1 Å². The summed E-state index contributed by atoms with van der Waals surface area (Å²) >= 11 is 0. The summed E-state index contributed by atoms with van der Waals surface area (Å²) in [6.45, 7) is 18.1. The molecule has 1 aromatic carbocycles. The number of ether oxygens (including phenoxy) is 15. The van der Waals surface area contributed by atoms with E-state index in [1.165, 1.54) is 62.3 Å². The lowest BCUT2D eigenvalue weighted by Gasteiger charge is -2.44. The quantitative estimate of drug-likeness (QED) is 0.0183. The summed E-state index contributed by atoms with van der Waals surface area (Å²) in [6.07, 6.45) is 12.0. The number of hydrogen-bond donors (Lipinski definition) is 7. The van der Waals surface area contributed by atoms with E-state index in [0.717, 1.165) is 109 Å². The van der Waals surface area contributed by atoms with Gasteiger partial charge in [-0.05, 0) is 69.9 Å². The molecule has 0 radical (unpaired) electrons. The molecule has 3 fully saturated rings. The van der Waals surface area contributed by atoms with E-state index in [0.29, 0.717) is 57.9 Å². The summed E-state index contributed by atoms with van der Waals surface area (Å²) in [5, 5.41) is 26.6. The largest absolute Gasteiger partial charge is 0.488 e. The summed E-state index contributed by atoms with van der Waals surface area (Å²) in [4.78, 5) is 162.